The molecule has 0 aliphatic rings. The molecule has 8 nitrogen and oxygen atoms in total. The van der Waals surface area contributed by atoms with Crippen LogP contribution in [-0.4, -0.2) is 39.9 Å². The van der Waals surface area contributed by atoms with Crippen molar-refractivity contribution >= 4 is 50.0 Å². The smallest absolute Gasteiger partial charge is 0.257 e. The van der Waals surface area contributed by atoms with Gasteiger partial charge in [-0.2, -0.15) is 0 Å². The molecule has 0 aliphatic carbocycles. The van der Waals surface area contributed by atoms with Gasteiger partial charge in [0.2, 0.25) is 5.43 Å². The maximum Gasteiger partial charge on any atom is 0.257 e. The van der Waals surface area contributed by atoms with Gasteiger partial charge in [-0.15, -0.1) is 11.3 Å². The second kappa shape index (κ2) is 12.0. The molecule has 0 radical (unpaired) electrons. The number of aliphatic hydroxyl groups excluding tert-OH is 1. The number of amides is 1. The van der Waals surface area contributed by atoms with Crippen molar-refractivity contribution in [3.8, 4) is 5.75 Å². The summed E-state index contributed by atoms with van der Waals surface area (Å²) in [6.07, 6.45) is 2.40. The number of pyridine rings is 2. The topological polar surface area (TPSA) is 103 Å². The van der Waals surface area contributed by atoms with Gasteiger partial charge >= 0.3 is 0 Å². The molecule has 10 heteroatoms. The quantitative estimate of drug-likeness (QED) is 0.256. The fraction of sp³-hybridized carbons (Fsp3) is 0.207. The molecule has 1 atom stereocenters. The number of hydrogen-bond acceptors (Lipinski definition) is 7. The number of benzene rings is 2. The number of aliphatic hydroxyl groups is 1. The lowest BCUT2D eigenvalue weighted by molar-refractivity contribution is 0.00651. The Hall–Kier alpha value is -3.76. The lowest BCUT2D eigenvalue weighted by Gasteiger charge is -2.13. The normalized spacial score (nSPS) is 12.1. The number of aromatic nitrogens is 2. The monoisotopic (exact) mass is 563 g/mol. The van der Waals surface area contributed by atoms with Gasteiger partial charge in [0.05, 0.1) is 18.6 Å². The summed E-state index contributed by atoms with van der Waals surface area (Å²) in [4.78, 5) is 31.8. The molecule has 0 saturated heterocycles. The standard InChI is InChI=1S/C29H26ClN3O5S/c1-33-14-24(28(36)32-13-18-7-9-20(30)10-8-18)27(35)23-12-22(39-29(23)33)17-37-15-21(34)16-38-25-6-2-4-19-5-3-11-31-26(19)25/h2-12,14,21,34H,13,15-17H2,1H3,(H,32,36). The van der Waals surface area contributed by atoms with Gasteiger partial charge in [0.15, 0.2) is 0 Å². The number of aryl methyl sites for hydroxylation is 1. The zero-order valence-corrected chi connectivity index (χ0v) is 22.7. The summed E-state index contributed by atoms with van der Waals surface area (Å²) in [5.41, 5.74) is 1.34. The van der Waals surface area contributed by atoms with Crippen molar-refractivity contribution in [2.75, 3.05) is 13.2 Å². The van der Waals surface area contributed by atoms with Gasteiger partial charge < -0.3 is 24.5 Å². The molecule has 3 heterocycles. The highest BCUT2D eigenvalue weighted by molar-refractivity contribution is 7.18. The van der Waals surface area contributed by atoms with Crippen LogP contribution in [-0.2, 0) is 24.9 Å². The zero-order valence-electron chi connectivity index (χ0n) is 21.1. The van der Waals surface area contributed by atoms with Gasteiger partial charge in [-0.05, 0) is 35.9 Å². The summed E-state index contributed by atoms with van der Waals surface area (Å²) >= 11 is 7.31. The van der Waals surface area contributed by atoms with Gasteiger partial charge in [-0.1, -0.05) is 41.9 Å². The highest BCUT2D eigenvalue weighted by Crippen LogP contribution is 2.25. The van der Waals surface area contributed by atoms with Crippen molar-refractivity contribution in [2.24, 2.45) is 7.05 Å². The number of hydrogen-bond donors (Lipinski definition) is 2. The summed E-state index contributed by atoms with van der Waals surface area (Å²) in [5, 5.41) is 15.2. The molecular weight excluding hydrogens is 538 g/mol. The number of halogens is 1. The highest BCUT2D eigenvalue weighted by Gasteiger charge is 2.17. The van der Waals surface area contributed by atoms with Crippen LogP contribution in [0.25, 0.3) is 21.1 Å². The highest BCUT2D eigenvalue weighted by atomic mass is 35.5. The number of thiophene rings is 1. The summed E-state index contributed by atoms with van der Waals surface area (Å²) in [7, 11) is 1.79. The van der Waals surface area contributed by atoms with E-state index in [1.807, 2.05) is 42.5 Å². The lowest BCUT2D eigenvalue weighted by Crippen LogP contribution is -2.29. The average Bonchev–Trinajstić information content (AvgIpc) is 3.38. The Labute approximate surface area is 233 Å². The van der Waals surface area contributed by atoms with E-state index in [4.69, 9.17) is 21.1 Å². The molecule has 1 unspecified atom stereocenters. The van der Waals surface area contributed by atoms with Crippen LogP contribution in [0.2, 0.25) is 5.02 Å². The van der Waals surface area contributed by atoms with Crippen LogP contribution in [0.15, 0.2) is 77.9 Å². The molecule has 0 fully saturated rings. The van der Waals surface area contributed by atoms with E-state index in [0.29, 0.717) is 16.2 Å². The van der Waals surface area contributed by atoms with Gasteiger partial charge in [0.1, 0.15) is 34.4 Å². The van der Waals surface area contributed by atoms with Crippen LogP contribution in [0.4, 0.5) is 0 Å². The fourth-order valence-corrected chi connectivity index (χ4v) is 5.30. The Balaban J connectivity index is 1.18. The predicted molar refractivity (Wildman–Crippen MR) is 153 cm³/mol. The van der Waals surface area contributed by atoms with E-state index in [1.165, 1.54) is 11.3 Å². The maximum atomic E-state index is 13.1. The van der Waals surface area contributed by atoms with Crippen LogP contribution < -0.4 is 15.5 Å². The number of nitrogens with one attached hydrogen (secondary N) is 1. The first-order valence-electron chi connectivity index (χ1n) is 12.3. The molecule has 0 bridgehead atoms. The summed E-state index contributed by atoms with van der Waals surface area (Å²) in [6, 6.07) is 18.3. The van der Waals surface area contributed by atoms with Crippen LogP contribution in [0, 0.1) is 0 Å². The molecule has 2 N–H and O–H groups in total. The minimum absolute atomic E-state index is 0.0518. The Morgan fingerprint density at radius 1 is 1.15 bits per heavy atom. The molecule has 3 aromatic heterocycles. The molecule has 0 saturated carbocycles. The molecule has 1 amide bonds. The van der Waals surface area contributed by atoms with E-state index in [1.54, 1.807) is 42.2 Å². The first-order valence-corrected chi connectivity index (χ1v) is 13.5. The van der Waals surface area contributed by atoms with Crippen molar-refractivity contribution in [1.82, 2.24) is 14.9 Å². The van der Waals surface area contributed by atoms with Crippen LogP contribution >= 0.6 is 22.9 Å². The fourth-order valence-electron chi connectivity index (χ4n) is 4.15. The molecule has 5 rings (SSSR count). The molecule has 39 heavy (non-hydrogen) atoms. The molecule has 5 aromatic rings. The third-order valence-corrected chi connectivity index (χ3v) is 7.54. The summed E-state index contributed by atoms with van der Waals surface area (Å²) in [6.45, 7) is 0.601. The van der Waals surface area contributed by atoms with Gasteiger partial charge in [0, 0.05) is 41.3 Å². The Kier molecular flexibility index (Phi) is 8.23. The van der Waals surface area contributed by atoms with Gasteiger partial charge in [-0.3, -0.25) is 14.6 Å². The van der Waals surface area contributed by atoms with E-state index in [9.17, 15) is 14.7 Å². The third kappa shape index (κ3) is 6.29. The number of nitrogens with zero attached hydrogens (tertiary/aromatic N) is 2. The van der Waals surface area contributed by atoms with E-state index < -0.39 is 12.0 Å². The largest absolute Gasteiger partial charge is 0.489 e. The van der Waals surface area contributed by atoms with E-state index in [0.717, 1.165) is 26.2 Å². The number of fused-ring (bicyclic) bond motifs is 2. The van der Waals surface area contributed by atoms with Crippen molar-refractivity contribution in [1.29, 1.82) is 0 Å². The molecule has 0 spiro atoms. The van der Waals surface area contributed by atoms with Crippen LogP contribution in [0.5, 0.6) is 5.75 Å². The zero-order chi connectivity index (χ0) is 27.4. The minimum atomic E-state index is -0.847. The Bertz CT molecular complexity index is 1680. The summed E-state index contributed by atoms with van der Waals surface area (Å²) < 4.78 is 13.2. The number of carbonyl (C=O) groups excluding carboxylic acids is 1. The number of ether oxygens (including phenoxy) is 2. The van der Waals surface area contributed by atoms with Crippen molar-refractivity contribution in [2.45, 2.75) is 19.3 Å². The first kappa shape index (κ1) is 26.8. The second-order valence-corrected chi connectivity index (χ2v) is 10.6. The molecule has 200 valence electrons. The van der Waals surface area contributed by atoms with E-state index in [-0.39, 0.29) is 37.4 Å². The lowest BCUT2D eigenvalue weighted by atomic mass is 10.2. The number of rotatable bonds is 10. The van der Waals surface area contributed by atoms with Crippen LogP contribution in [0.3, 0.4) is 0 Å². The number of carbonyl (C=O) groups is 1. The maximum absolute atomic E-state index is 13.1. The van der Waals surface area contributed by atoms with Gasteiger partial charge in [0.25, 0.3) is 5.91 Å². The Morgan fingerprint density at radius 2 is 1.95 bits per heavy atom. The predicted octanol–water partition coefficient (Wildman–Crippen LogP) is 4.69. The van der Waals surface area contributed by atoms with Gasteiger partial charge in [-0.25, -0.2) is 0 Å². The summed E-state index contributed by atoms with van der Waals surface area (Å²) in [5.74, 6) is 0.154. The van der Waals surface area contributed by atoms with E-state index >= 15 is 0 Å². The van der Waals surface area contributed by atoms with Crippen molar-refractivity contribution in [3.63, 3.8) is 0 Å². The Morgan fingerprint density at radius 3 is 2.77 bits per heavy atom. The minimum Gasteiger partial charge on any atom is -0.489 e. The SMILES string of the molecule is Cn1cc(C(=O)NCc2ccc(Cl)cc2)c(=O)c2cc(COCC(O)COc3cccc4cccnc34)sc21. The van der Waals surface area contributed by atoms with Crippen molar-refractivity contribution in [3.05, 3.63) is 104 Å². The molecule has 0 aliphatic heterocycles. The van der Waals surface area contributed by atoms with Crippen molar-refractivity contribution < 1.29 is 19.4 Å². The average molecular weight is 564 g/mol. The molecule has 2 aromatic carbocycles. The van der Waals surface area contributed by atoms with Crippen LogP contribution in [0.1, 0.15) is 20.8 Å². The third-order valence-electron chi connectivity index (χ3n) is 6.09. The first-order chi connectivity index (χ1) is 18.9. The second-order valence-electron chi connectivity index (χ2n) is 9.03. The number of para-hydroxylation sites is 1. The van der Waals surface area contributed by atoms with E-state index in [2.05, 4.69) is 10.3 Å². The molecular formula is C29H26ClN3O5S.